The summed E-state index contributed by atoms with van der Waals surface area (Å²) in [5, 5.41) is 0. The van der Waals surface area contributed by atoms with Crippen LogP contribution in [0.4, 0.5) is 0 Å². The van der Waals surface area contributed by atoms with Crippen molar-refractivity contribution in [1.82, 2.24) is 9.97 Å². The van der Waals surface area contributed by atoms with Gasteiger partial charge in [-0.1, -0.05) is 53.7 Å². The van der Waals surface area contributed by atoms with E-state index in [1.54, 1.807) is 0 Å². The van der Waals surface area contributed by atoms with Crippen molar-refractivity contribution in [3.8, 4) is 0 Å². The lowest BCUT2D eigenvalue weighted by Crippen LogP contribution is -2.24. The Balaban J connectivity index is 2.15. The Kier molecular flexibility index (Phi) is 5.63. The second-order valence-corrected chi connectivity index (χ2v) is 9.68. The molecular weight excluding hydrogens is 320 g/mol. The van der Waals surface area contributed by atoms with Gasteiger partial charge in [0, 0.05) is 40.2 Å². The quantitative estimate of drug-likeness (QED) is 0.667. The zero-order chi connectivity index (χ0) is 19.8. The largest absolute Gasteiger partial charge is 0.363 e. The van der Waals surface area contributed by atoms with E-state index >= 15 is 0 Å². The van der Waals surface area contributed by atoms with E-state index in [-0.39, 0.29) is 16.9 Å². The predicted molar refractivity (Wildman–Crippen MR) is 108 cm³/mol. The van der Waals surface area contributed by atoms with Gasteiger partial charge in [0.05, 0.1) is 11.7 Å². The highest BCUT2D eigenvalue weighted by atomic mass is 16.5. The van der Waals surface area contributed by atoms with Crippen LogP contribution in [0.25, 0.3) is 0 Å². The van der Waals surface area contributed by atoms with Crippen molar-refractivity contribution in [2.75, 3.05) is 0 Å². The van der Waals surface area contributed by atoms with Crippen LogP contribution in [0.5, 0.6) is 0 Å². The van der Waals surface area contributed by atoms with Crippen LogP contribution in [0.2, 0.25) is 0 Å². The third kappa shape index (κ3) is 4.91. The molecule has 0 saturated carbocycles. The third-order valence-electron chi connectivity index (χ3n) is 4.72. The molecule has 0 aliphatic heterocycles. The van der Waals surface area contributed by atoms with Crippen LogP contribution < -0.4 is 0 Å². The third-order valence-corrected chi connectivity index (χ3v) is 4.72. The van der Waals surface area contributed by atoms with Gasteiger partial charge in [-0.2, -0.15) is 0 Å². The van der Waals surface area contributed by atoms with Gasteiger partial charge in [-0.05, 0) is 38.5 Å². The smallest absolute Gasteiger partial charge is 0.0898 e. The molecule has 0 spiro atoms. The first kappa shape index (κ1) is 20.6. The molecule has 3 nitrogen and oxygen atoms in total. The molecule has 1 unspecified atom stereocenters. The van der Waals surface area contributed by atoms with Crippen LogP contribution >= 0.6 is 0 Å². The van der Waals surface area contributed by atoms with Gasteiger partial charge >= 0.3 is 0 Å². The van der Waals surface area contributed by atoms with Crippen LogP contribution in [-0.2, 0) is 21.2 Å². The molecule has 26 heavy (non-hydrogen) atoms. The number of nitrogens with zero attached hydrogens (tertiary/aromatic N) is 2. The molecule has 2 heterocycles. The number of hydrogen-bond acceptors (Lipinski definition) is 3. The van der Waals surface area contributed by atoms with Crippen molar-refractivity contribution < 1.29 is 4.74 Å². The second-order valence-electron chi connectivity index (χ2n) is 9.68. The maximum atomic E-state index is 6.38. The van der Waals surface area contributed by atoms with Gasteiger partial charge < -0.3 is 4.74 Å². The highest BCUT2D eigenvalue weighted by Gasteiger charge is 2.26. The van der Waals surface area contributed by atoms with Gasteiger partial charge in [-0.25, -0.2) is 0 Å². The molecule has 2 rings (SSSR count). The van der Waals surface area contributed by atoms with E-state index in [0.29, 0.717) is 0 Å². The van der Waals surface area contributed by atoms with E-state index in [2.05, 4.69) is 96.5 Å². The lowest BCUT2D eigenvalue weighted by atomic mass is 9.90. The Morgan fingerprint density at radius 3 is 1.62 bits per heavy atom. The zero-order valence-corrected chi connectivity index (χ0v) is 17.8. The zero-order valence-electron chi connectivity index (χ0n) is 17.8. The standard InChI is InChI=1S/C23H34N2O/c1-16(17-10-12-19(24-14-17)21(2,3)4)26-23(8,9)18-11-13-20(25-15-18)22(5,6)7/h10-16H,1-9H3. The van der Waals surface area contributed by atoms with Gasteiger partial charge in [-0.15, -0.1) is 0 Å². The summed E-state index contributed by atoms with van der Waals surface area (Å²) in [5.41, 5.74) is 4.04. The van der Waals surface area contributed by atoms with Crippen LogP contribution in [0.15, 0.2) is 36.7 Å². The number of ether oxygens (including phenoxy) is 1. The Labute approximate surface area is 159 Å². The number of pyridine rings is 2. The minimum absolute atomic E-state index is 0.0474. The Morgan fingerprint density at radius 2 is 1.23 bits per heavy atom. The molecule has 0 saturated heterocycles. The van der Waals surface area contributed by atoms with Crippen LogP contribution in [0.3, 0.4) is 0 Å². The average Bonchev–Trinajstić information content (AvgIpc) is 2.53. The second kappa shape index (κ2) is 7.11. The van der Waals surface area contributed by atoms with Crippen molar-refractivity contribution in [3.63, 3.8) is 0 Å². The van der Waals surface area contributed by atoms with Crippen molar-refractivity contribution in [2.45, 2.75) is 84.8 Å². The van der Waals surface area contributed by atoms with E-state index in [9.17, 15) is 0 Å². The van der Waals surface area contributed by atoms with Crippen LogP contribution in [0.1, 0.15) is 90.9 Å². The summed E-state index contributed by atoms with van der Waals surface area (Å²) in [5.74, 6) is 0. The molecule has 0 aliphatic rings. The number of hydrogen-bond donors (Lipinski definition) is 0. The summed E-state index contributed by atoms with van der Waals surface area (Å²) in [6.07, 6.45) is 3.82. The number of rotatable bonds is 4. The Morgan fingerprint density at radius 1 is 0.731 bits per heavy atom. The van der Waals surface area contributed by atoms with Crippen molar-refractivity contribution in [3.05, 3.63) is 59.2 Å². The maximum absolute atomic E-state index is 6.38. The summed E-state index contributed by atoms with van der Waals surface area (Å²) >= 11 is 0. The predicted octanol–water partition coefficient (Wildman–Crippen LogP) is 6.08. The topological polar surface area (TPSA) is 35.0 Å². The summed E-state index contributed by atoms with van der Waals surface area (Å²) in [6, 6.07) is 8.45. The van der Waals surface area contributed by atoms with Gasteiger partial charge in [0.25, 0.3) is 0 Å². The fraction of sp³-hybridized carbons (Fsp3) is 0.565. The summed E-state index contributed by atoms with van der Waals surface area (Å²) in [6.45, 7) is 19.3. The highest BCUT2D eigenvalue weighted by molar-refractivity contribution is 5.24. The first-order valence-corrected chi connectivity index (χ1v) is 9.42. The van der Waals surface area contributed by atoms with E-state index in [1.165, 1.54) is 0 Å². The molecule has 0 bridgehead atoms. The van der Waals surface area contributed by atoms with E-state index in [4.69, 9.17) is 4.74 Å². The molecule has 1 atom stereocenters. The molecule has 142 valence electrons. The normalized spacial score (nSPS) is 14.3. The SMILES string of the molecule is CC(OC(C)(C)c1ccc(C(C)(C)C)nc1)c1ccc(C(C)(C)C)nc1. The Bertz CT molecular complexity index is 717. The van der Waals surface area contributed by atoms with Crippen LogP contribution in [0, 0.1) is 0 Å². The number of aromatic nitrogens is 2. The summed E-state index contributed by atoms with van der Waals surface area (Å²) < 4.78 is 6.38. The molecule has 0 aromatic carbocycles. The first-order valence-electron chi connectivity index (χ1n) is 9.42. The maximum Gasteiger partial charge on any atom is 0.0898 e. The summed E-state index contributed by atoms with van der Waals surface area (Å²) in [4.78, 5) is 9.26. The van der Waals surface area contributed by atoms with Crippen molar-refractivity contribution >= 4 is 0 Å². The fourth-order valence-corrected chi connectivity index (χ4v) is 2.86. The molecule has 3 heteroatoms. The van der Waals surface area contributed by atoms with Gasteiger partial charge in [0.2, 0.25) is 0 Å². The van der Waals surface area contributed by atoms with E-state index < -0.39 is 5.60 Å². The Hall–Kier alpha value is -1.74. The van der Waals surface area contributed by atoms with Crippen molar-refractivity contribution in [1.29, 1.82) is 0 Å². The first-order chi connectivity index (χ1) is 11.8. The molecular formula is C23H34N2O. The van der Waals surface area contributed by atoms with Gasteiger partial charge in [0.1, 0.15) is 0 Å². The van der Waals surface area contributed by atoms with E-state index in [1.807, 2.05) is 12.4 Å². The highest BCUT2D eigenvalue weighted by Crippen LogP contribution is 2.32. The average molecular weight is 355 g/mol. The van der Waals surface area contributed by atoms with Gasteiger partial charge in [0.15, 0.2) is 0 Å². The van der Waals surface area contributed by atoms with Crippen LogP contribution in [-0.4, -0.2) is 9.97 Å². The van der Waals surface area contributed by atoms with Gasteiger partial charge in [-0.3, -0.25) is 9.97 Å². The molecule has 2 aromatic heterocycles. The molecule has 0 amide bonds. The minimum Gasteiger partial charge on any atom is -0.363 e. The molecule has 2 aromatic rings. The lowest BCUT2D eigenvalue weighted by Gasteiger charge is -2.30. The molecule has 0 aliphatic carbocycles. The van der Waals surface area contributed by atoms with Crippen molar-refractivity contribution in [2.24, 2.45) is 0 Å². The monoisotopic (exact) mass is 354 g/mol. The van der Waals surface area contributed by atoms with E-state index in [0.717, 1.165) is 22.5 Å². The minimum atomic E-state index is -0.425. The molecule has 0 N–H and O–H groups in total. The lowest BCUT2D eigenvalue weighted by molar-refractivity contribution is -0.0705. The molecule has 0 fully saturated rings. The summed E-state index contributed by atoms with van der Waals surface area (Å²) in [7, 11) is 0. The fourth-order valence-electron chi connectivity index (χ4n) is 2.86. The molecule has 0 radical (unpaired) electrons.